The van der Waals surface area contributed by atoms with Crippen LogP contribution in [0.25, 0.3) is 11.1 Å². The van der Waals surface area contributed by atoms with Crippen molar-refractivity contribution in [1.29, 1.82) is 0 Å². The van der Waals surface area contributed by atoms with Crippen molar-refractivity contribution in [2.45, 2.75) is 24.0 Å². The Balaban J connectivity index is 1.77. The zero-order chi connectivity index (χ0) is 14.2. The molecule has 1 fully saturated rings. The number of nitrogens with one attached hydrogen (secondary N) is 1. The lowest BCUT2D eigenvalue weighted by Gasteiger charge is -2.40. The Morgan fingerprint density at radius 2 is 2.35 bits per heavy atom. The van der Waals surface area contributed by atoms with E-state index in [2.05, 4.69) is 16.6 Å². The molecule has 0 radical (unpaired) electrons. The molecular formula is C14H16N2O3S. The van der Waals surface area contributed by atoms with Crippen LogP contribution in [0.3, 0.4) is 0 Å². The van der Waals surface area contributed by atoms with Crippen LogP contribution in [0.2, 0.25) is 0 Å². The second-order valence-corrected chi connectivity index (χ2v) is 6.38. The maximum Gasteiger partial charge on any atom is 0.335 e. The summed E-state index contributed by atoms with van der Waals surface area (Å²) in [5.41, 5.74) is 1.38. The van der Waals surface area contributed by atoms with Gasteiger partial charge in [-0.1, -0.05) is 6.42 Å². The second-order valence-electron chi connectivity index (χ2n) is 5.10. The van der Waals surface area contributed by atoms with Gasteiger partial charge in [0.05, 0.1) is 5.56 Å². The van der Waals surface area contributed by atoms with Crippen molar-refractivity contribution in [3.63, 3.8) is 0 Å². The first-order chi connectivity index (χ1) is 9.62. The molecule has 0 amide bonds. The minimum absolute atomic E-state index is 0.208. The minimum atomic E-state index is -0.964. The molecule has 106 valence electrons. The van der Waals surface area contributed by atoms with Crippen molar-refractivity contribution >= 4 is 34.8 Å². The van der Waals surface area contributed by atoms with Gasteiger partial charge in [-0.05, 0) is 37.3 Å². The molecule has 0 bridgehead atoms. The van der Waals surface area contributed by atoms with Crippen LogP contribution in [0.1, 0.15) is 29.6 Å². The lowest BCUT2D eigenvalue weighted by Crippen LogP contribution is -2.40. The Kier molecular flexibility index (Phi) is 3.33. The van der Waals surface area contributed by atoms with E-state index in [0.29, 0.717) is 21.9 Å². The maximum absolute atomic E-state index is 10.9. The summed E-state index contributed by atoms with van der Waals surface area (Å²) >= 11 is 1.88. The molecule has 3 rings (SSSR count). The molecule has 20 heavy (non-hydrogen) atoms. The van der Waals surface area contributed by atoms with Gasteiger partial charge in [-0.25, -0.2) is 4.79 Å². The summed E-state index contributed by atoms with van der Waals surface area (Å²) in [5.74, 6) is -0.964. The summed E-state index contributed by atoms with van der Waals surface area (Å²) in [7, 11) is 0. The van der Waals surface area contributed by atoms with E-state index >= 15 is 0 Å². The molecule has 6 heteroatoms. The number of rotatable bonds is 5. The zero-order valence-corrected chi connectivity index (χ0v) is 12.0. The molecule has 2 aromatic rings. The zero-order valence-electron chi connectivity index (χ0n) is 11.2. The molecule has 1 heterocycles. The van der Waals surface area contributed by atoms with E-state index < -0.39 is 5.97 Å². The first kappa shape index (κ1) is 13.3. The van der Waals surface area contributed by atoms with Crippen LogP contribution in [0.15, 0.2) is 22.6 Å². The Morgan fingerprint density at radius 1 is 1.55 bits per heavy atom. The first-order valence-corrected chi connectivity index (χ1v) is 7.77. The van der Waals surface area contributed by atoms with E-state index in [1.807, 2.05) is 11.8 Å². The average Bonchev–Trinajstić information content (AvgIpc) is 2.79. The number of nitrogens with zero attached hydrogens (tertiary/aromatic N) is 1. The number of hydrogen-bond acceptors (Lipinski definition) is 5. The van der Waals surface area contributed by atoms with E-state index in [-0.39, 0.29) is 5.56 Å². The third-order valence-corrected chi connectivity index (χ3v) is 5.31. The van der Waals surface area contributed by atoms with Crippen LogP contribution in [0.4, 0.5) is 6.01 Å². The van der Waals surface area contributed by atoms with Gasteiger partial charge < -0.3 is 14.8 Å². The Labute approximate surface area is 120 Å². The lowest BCUT2D eigenvalue weighted by molar-refractivity contribution is 0.0697. The number of carbonyl (C=O) groups is 1. The third kappa shape index (κ3) is 2.35. The van der Waals surface area contributed by atoms with Crippen molar-refractivity contribution in [3.05, 3.63) is 23.8 Å². The fourth-order valence-corrected chi connectivity index (χ4v) is 3.31. The fraction of sp³-hybridized carbons (Fsp3) is 0.429. The van der Waals surface area contributed by atoms with Gasteiger partial charge in [0.2, 0.25) is 0 Å². The monoisotopic (exact) mass is 292 g/mol. The van der Waals surface area contributed by atoms with E-state index in [1.165, 1.54) is 31.4 Å². The van der Waals surface area contributed by atoms with Gasteiger partial charge in [0.15, 0.2) is 5.58 Å². The van der Waals surface area contributed by atoms with Gasteiger partial charge in [0.25, 0.3) is 6.01 Å². The van der Waals surface area contributed by atoms with Crippen LogP contribution < -0.4 is 5.32 Å². The molecule has 1 aliphatic rings. The quantitative estimate of drug-likeness (QED) is 0.881. The molecular weight excluding hydrogens is 276 g/mol. The number of thioether (sulfide) groups is 1. The number of aromatic carboxylic acids is 1. The predicted octanol–water partition coefficient (Wildman–Crippen LogP) is 3.22. The molecule has 1 aromatic heterocycles. The number of hydrogen-bond donors (Lipinski definition) is 2. The Morgan fingerprint density at radius 3 is 2.95 bits per heavy atom. The fourth-order valence-electron chi connectivity index (χ4n) is 2.39. The van der Waals surface area contributed by atoms with E-state index in [0.717, 1.165) is 6.54 Å². The summed E-state index contributed by atoms with van der Waals surface area (Å²) in [5, 5.41) is 12.2. The third-order valence-electron chi connectivity index (χ3n) is 3.89. The van der Waals surface area contributed by atoms with Gasteiger partial charge in [-0.15, -0.1) is 0 Å². The maximum atomic E-state index is 10.9. The van der Waals surface area contributed by atoms with Crippen LogP contribution >= 0.6 is 11.8 Å². The predicted molar refractivity (Wildman–Crippen MR) is 79.6 cm³/mol. The van der Waals surface area contributed by atoms with Gasteiger partial charge in [-0.3, -0.25) is 0 Å². The number of oxazole rings is 1. The standard InChI is InChI=1S/C14H16N2O3S/c1-20-14(5-2-6-14)8-15-13-16-10-4-3-9(12(17)18)7-11(10)19-13/h3-4,7H,2,5-6,8H2,1H3,(H,15,16)(H,17,18). The van der Waals surface area contributed by atoms with Crippen molar-refractivity contribution in [1.82, 2.24) is 4.98 Å². The van der Waals surface area contributed by atoms with Crippen LogP contribution in [-0.4, -0.2) is 33.6 Å². The van der Waals surface area contributed by atoms with Crippen molar-refractivity contribution in [2.24, 2.45) is 0 Å². The van der Waals surface area contributed by atoms with Crippen molar-refractivity contribution < 1.29 is 14.3 Å². The van der Waals surface area contributed by atoms with Crippen LogP contribution in [0.5, 0.6) is 0 Å². The number of fused-ring (bicyclic) bond motifs is 1. The Hall–Kier alpha value is -1.69. The summed E-state index contributed by atoms with van der Waals surface area (Å²) in [4.78, 5) is 15.2. The summed E-state index contributed by atoms with van der Waals surface area (Å²) in [6.07, 6.45) is 5.83. The molecule has 1 aliphatic carbocycles. The van der Waals surface area contributed by atoms with E-state index in [4.69, 9.17) is 9.52 Å². The largest absolute Gasteiger partial charge is 0.478 e. The molecule has 0 spiro atoms. The number of carboxylic acid groups (broad SMARTS) is 1. The topological polar surface area (TPSA) is 75.4 Å². The molecule has 0 atom stereocenters. The highest BCUT2D eigenvalue weighted by Gasteiger charge is 2.36. The minimum Gasteiger partial charge on any atom is -0.478 e. The normalized spacial score (nSPS) is 16.9. The van der Waals surface area contributed by atoms with Crippen LogP contribution in [-0.2, 0) is 0 Å². The smallest absolute Gasteiger partial charge is 0.335 e. The Bertz CT molecular complexity index is 643. The molecule has 2 N–H and O–H groups in total. The molecule has 1 aromatic carbocycles. The average molecular weight is 292 g/mol. The van der Waals surface area contributed by atoms with Gasteiger partial charge in [0.1, 0.15) is 5.52 Å². The highest BCUT2D eigenvalue weighted by molar-refractivity contribution is 8.00. The lowest BCUT2D eigenvalue weighted by atomic mass is 9.84. The van der Waals surface area contributed by atoms with Gasteiger partial charge in [0, 0.05) is 11.3 Å². The van der Waals surface area contributed by atoms with Crippen molar-refractivity contribution in [2.75, 3.05) is 18.1 Å². The second kappa shape index (κ2) is 5.01. The van der Waals surface area contributed by atoms with E-state index in [9.17, 15) is 4.79 Å². The van der Waals surface area contributed by atoms with Gasteiger partial charge in [-0.2, -0.15) is 16.7 Å². The van der Waals surface area contributed by atoms with Crippen molar-refractivity contribution in [3.8, 4) is 0 Å². The molecule has 0 saturated heterocycles. The first-order valence-electron chi connectivity index (χ1n) is 6.55. The highest BCUT2D eigenvalue weighted by atomic mass is 32.2. The number of aromatic nitrogens is 1. The van der Waals surface area contributed by atoms with Crippen LogP contribution in [0, 0.1) is 0 Å². The summed E-state index contributed by atoms with van der Waals surface area (Å²) < 4.78 is 5.87. The van der Waals surface area contributed by atoms with Gasteiger partial charge >= 0.3 is 5.97 Å². The molecule has 1 saturated carbocycles. The SMILES string of the molecule is CSC1(CNc2nc3ccc(C(=O)O)cc3o2)CCC1. The summed E-state index contributed by atoms with van der Waals surface area (Å²) in [6, 6.07) is 5.17. The molecule has 0 unspecified atom stereocenters. The number of anilines is 1. The van der Waals surface area contributed by atoms with E-state index in [1.54, 1.807) is 6.07 Å². The molecule has 0 aliphatic heterocycles. The highest BCUT2D eigenvalue weighted by Crippen LogP contribution is 2.42. The summed E-state index contributed by atoms with van der Waals surface area (Å²) in [6.45, 7) is 0.826. The number of benzene rings is 1. The molecule has 5 nitrogen and oxygen atoms in total. The number of carboxylic acids is 1.